The van der Waals surface area contributed by atoms with E-state index >= 15 is 0 Å². The van der Waals surface area contributed by atoms with Crippen LogP contribution in [0.1, 0.15) is 30.9 Å². The van der Waals surface area contributed by atoms with Gasteiger partial charge in [0.25, 0.3) is 0 Å². The zero-order chi connectivity index (χ0) is 11.7. The lowest BCUT2D eigenvalue weighted by atomic mass is 9.81. The molecule has 0 atom stereocenters. The molecule has 0 bridgehead atoms. The van der Waals surface area contributed by atoms with Gasteiger partial charge in [-0.2, -0.15) is 5.26 Å². The third-order valence-corrected chi connectivity index (χ3v) is 3.21. The van der Waals surface area contributed by atoms with E-state index in [9.17, 15) is 4.39 Å². The van der Waals surface area contributed by atoms with Crippen LogP contribution in [0.3, 0.4) is 0 Å². The van der Waals surface area contributed by atoms with Gasteiger partial charge in [0.1, 0.15) is 5.82 Å². The van der Waals surface area contributed by atoms with E-state index in [1.165, 1.54) is 6.07 Å². The van der Waals surface area contributed by atoms with Crippen LogP contribution in [0.4, 0.5) is 10.1 Å². The summed E-state index contributed by atoms with van der Waals surface area (Å²) in [7, 11) is 0. The summed E-state index contributed by atoms with van der Waals surface area (Å²) in [5.41, 5.74) is 1.73. The minimum atomic E-state index is -0.311. The molecule has 0 amide bonds. The molecule has 2 rings (SSSR count). The maximum atomic E-state index is 13.5. The summed E-state index contributed by atoms with van der Waals surface area (Å²) in [6, 6.07) is 5.41. The Morgan fingerprint density at radius 1 is 1.44 bits per heavy atom. The highest BCUT2D eigenvalue weighted by Crippen LogP contribution is 2.31. The zero-order valence-electron chi connectivity index (χ0n) is 9.55. The Kier molecular flexibility index (Phi) is 2.82. The molecule has 1 aliphatic carbocycles. The van der Waals surface area contributed by atoms with Gasteiger partial charge in [-0.1, -0.05) is 6.92 Å². The largest absolute Gasteiger partial charge is 0.382 e. The van der Waals surface area contributed by atoms with Crippen molar-refractivity contribution < 1.29 is 4.39 Å². The smallest absolute Gasteiger partial charge is 0.129 e. The molecule has 3 heteroatoms. The Morgan fingerprint density at radius 3 is 2.69 bits per heavy atom. The van der Waals surface area contributed by atoms with Gasteiger partial charge in [-0.05, 0) is 37.8 Å². The molecule has 0 radical (unpaired) electrons. The highest BCUT2D eigenvalue weighted by Gasteiger charge is 2.25. The van der Waals surface area contributed by atoms with Crippen LogP contribution in [0.25, 0.3) is 0 Å². The van der Waals surface area contributed by atoms with Gasteiger partial charge >= 0.3 is 0 Å². The van der Waals surface area contributed by atoms with E-state index in [1.807, 2.05) is 6.07 Å². The first-order valence-corrected chi connectivity index (χ1v) is 5.57. The van der Waals surface area contributed by atoms with Crippen molar-refractivity contribution in [1.82, 2.24) is 0 Å². The van der Waals surface area contributed by atoms with Crippen LogP contribution in [-0.4, -0.2) is 6.04 Å². The number of hydrogen-bond acceptors (Lipinski definition) is 2. The number of halogens is 1. The molecule has 0 unspecified atom stereocenters. The lowest BCUT2D eigenvalue weighted by Gasteiger charge is -2.34. The lowest BCUT2D eigenvalue weighted by Crippen LogP contribution is -2.34. The average molecular weight is 218 g/mol. The predicted molar refractivity (Wildman–Crippen MR) is 61.7 cm³/mol. The van der Waals surface area contributed by atoms with Gasteiger partial charge in [0.05, 0.1) is 11.6 Å². The van der Waals surface area contributed by atoms with Crippen molar-refractivity contribution in [1.29, 1.82) is 5.26 Å². The van der Waals surface area contributed by atoms with E-state index in [0.29, 0.717) is 17.2 Å². The minimum Gasteiger partial charge on any atom is -0.382 e. The van der Waals surface area contributed by atoms with Gasteiger partial charge in [0, 0.05) is 17.3 Å². The maximum absolute atomic E-state index is 13.5. The summed E-state index contributed by atoms with van der Waals surface area (Å²) in [4.78, 5) is 0. The van der Waals surface area contributed by atoms with Crippen LogP contribution in [-0.2, 0) is 0 Å². The number of nitrogens with one attached hydrogen (secondary N) is 1. The second-order valence-corrected chi connectivity index (χ2v) is 4.66. The van der Waals surface area contributed by atoms with Crippen molar-refractivity contribution in [2.24, 2.45) is 5.92 Å². The molecular weight excluding hydrogens is 203 g/mol. The number of anilines is 1. The van der Waals surface area contributed by atoms with Crippen molar-refractivity contribution in [2.45, 2.75) is 32.7 Å². The molecule has 1 saturated carbocycles. The second-order valence-electron chi connectivity index (χ2n) is 4.66. The number of hydrogen-bond donors (Lipinski definition) is 1. The van der Waals surface area contributed by atoms with Gasteiger partial charge in [-0.15, -0.1) is 0 Å². The van der Waals surface area contributed by atoms with Gasteiger partial charge in [0.15, 0.2) is 0 Å². The van der Waals surface area contributed by atoms with E-state index in [2.05, 4.69) is 12.2 Å². The van der Waals surface area contributed by atoms with Crippen molar-refractivity contribution >= 4 is 5.69 Å². The van der Waals surface area contributed by atoms with Crippen LogP contribution in [0, 0.1) is 30.0 Å². The third-order valence-electron chi connectivity index (χ3n) is 3.21. The topological polar surface area (TPSA) is 35.8 Å². The fraction of sp³-hybridized carbons (Fsp3) is 0.462. The molecule has 0 aliphatic heterocycles. The number of nitrogens with zero attached hydrogens (tertiary/aromatic N) is 1. The Bertz CT molecular complexity index is 442. The lowest BCUT2D eigenvalue weighted by molar-refractivity contribution is 0.309. The van der Waals surface area contributed by atoms with E-state index < -0.39 is 0 Å². The van der Waals surface area contributed by atoms with Crippen LogP contribution in [0.15, 0.2) is 12.1 Å². The van der Waals surface area contributed by atoms with Crippen LogP contribution in [0.2, 0.25) is 0 Å². The second kappa shape index (κ2) is 4.13. The van der Waals surface area contributed by atoms with Crippen LogP contribution >= 0.6 is 0 Å². The molecule has 1 aliphatic rings. The zero-order valence-corrected chi connectivity index (χ0v) is 9.55. The molecule has 0 aromatic heterocycles. The first kappa shape index (κ1) is 10.9. The summed E-state index contributed by atoms with van der Waals surface area (Å²) in [6.07, 6.45) is 2.25. The summed E-state index contributed by atoms with van der Waals surface area (Å²) >= 11 is 0. The minimum absolute atomic E-state index is 0.311. The molecule has 0 saturated heterocycles. The Labute approximate surface area is 95.1 Å². The Morgan fingerprint density at radius 2 is 2.12 bits per heavy atom. The summed E-state index contributed by atoms with van der Waals surface area (Å²) in [6.45, 7) is 3.94. The van der Waals surface area contributed by atoms with Gasteiger partial charge in [-0.3, -0.25) is 0 Å². The SMILES string of the molecule is Cc1c(F)cc(C#N)cc1NC1CC(C)C1. The molecule has 0 spiro atoms. The quantitative estimate of drug-likeness (QED) is 0.827. The summed E-state index contributed by atoms with van der Waals surface area (Å²) < 4.78 is 13.5. The van der Waals surface area contributed by atoms with Crippen molar-refractivity contribution in [3.63, 3.8) is 0 Å². The molecular formula is C13H15FN2. The summed E-state index contributed by atoms with van der Waals surface area (Å²) in [5, 5.41) is 12.1. The van der Waals surface area contributed by atoms with Gasteiger partial charge < -0.3 is 5.32 Å². The number of benzene rings is 1. The van der Waals surface area contributed by atoms with Crippen molar-refractivity contribution in [3.05, 3.63) is 29.1 Å². The first-order valence-electron chi connectivity index (χ1n) is 5.57. The fourth-order valence-electron chi connectivity index (χ4n) is 2.13. The predicted octanol–water partition coefficient (Wildman–Crippen LogP) is 3.22. The summed E-state index contributed by atoms with van der Waals surface area (Å²) in [5.74, 6) is 0.440. The monoisotopic (exact) mass is 218 g/mol. The highest BCUT2D eigenvalue weighted by molar-refractivity contribution is 5.56. The molecule has 0 heterocycles. The number of rotatable bonds is 2. The van der Waals surface area contributed by atoms with Crippen LogP contribution in [0.5, 0.6) is 0 Å². The van der Waals surface area contributed by atoms with Crippen molar-refractivity contribution in [3.8, 4) is 6.07 Å². The number of nitriles is 1. The standard InChI is InChI=1S/C13H15FN2/c1-8-3-11(4-8)16-13-6-10(7-15)5-12(14)9(13)2/h5-6,8,11,16H,3-4H2,1-2H3. The van der Waals surface area contributed by atoms with E-state index in [-0.39, 0.29) is 5.82 Å². The van der Waals surface area contributed by atoms with Crippen LogP contribution < -0.4 is 5.32 Å². The first-order chi connectivity index (χ1) is 7.60. The maximum Gasteiger partial charge on any atom is 0.129 e. The fourth-order valence-corrected chi connectivity index (χ4v) is 2.13. The molecule has 1 fully saturated rings. The normalized spacial score (nSPS) is 23.4. The molecule has 1 aromatic rings. The molecule has 1 aromatic carbocycles. The van der Waals surface area contributed by atoms with E-state index in [1.54, 1.807) is 13.0 Å². The van der Waals surface area contributed by atoms with Crippen molar-refractivity contribution in [2.75, 3.05) is 5.32 Å². The molecule has 2 nitrogen and oxygen atoms in total. The Balaban J connectivity index is 2.20. The molecule has 1 N–H and O–H groups in total. The van der Waals surface area contributed by atoms with Gasteiger partial charge in [0.2, 0.25) is 0 Å². The molecule has 16 heavy (non-hydrogen) atoms. The molecule has 84 valence electrons. The van der Waals surface area contributed by atoms with Gasteiger partial charge in [-0.25, -0.2) is 4.39 Å². The Hall–Kier alpha value is -1.56. The average Bonchev–Trinajstić information content (AvgIpc) is 2.22. The highest BCUT2D eigenvalue weighted by atomic mass is 19.1. The van der Waals surface area contributed by atoms with E-state index in [4.69, 9.17) is 5.26 Å². The third kappa shape index (κ3) is 2.01. The van der Waals surface area contributed by atoms with E-state index in [0.717, 1.165) is 24.4 Å².